The molecule has 0 aromatic heterocycles. The van der Waals surface area contributed by atoms with Crippen LogP contribution in [0, 0.1) is 13.8 Å². The number of nitrogens with one attached hydrogen (secondary N) is 2. The third-order valence-electron chi connectivity index (χ3n) is 2.53. The fourth-order valence-electron chi connectivity index (χ4n) is 1.66. The van der Waals surface area contributed by atoms with Crippen molar-refractivity contribution in [3.05, 3.63) is 29.3 Å². The number of hydrogen-bond acceptors (Lipinski definition) is 4. The average molecular weight is 291 g/mol. The van der Waals surface area contributed by atoms with Crippen LogP contribution in [0.4, 0.5) is 5.69 Å². The molecule has 6 heteroatoms. The summed E-state index contributed by atoms with van der Waals surface area (Å²) in [5, 5.41) is 8.80. The van der Waals surface area contributed by atoms with E-state index >= 15 is 0 Å². The Balaban J connectivity index is 2.39. The maximum absolute atomic E-state index is 11.6. The van der Waals surface area contributed by atoms with Crippen LogP contribution in [0.3, 0.4) is 0 Å². The molecule has 0 aliphatic carbocycles. The Morgan fingerprint density at radius 3 is 2.67 bits per heavy atom. The first-order valence-corrected chi connectivity index (χ1v) is 6.71. The van der Waals surface area contributed by atoms with E-state index in [1.807, 2.05) is 45.9 Å². The Morgan fingerprint density at radius 2 is 2.05 bits per heavy atom. The fraction of sp³-hybridized carbons (Fsp3) is 0.400. The van der Waals surface area contributed by atoms with Crippen molar-refractivity contribution in [1.82, 2.24) is 5.32 Å². The van der Waals surface area contributed by atoms with E-state index in [-0.39, 0.29) is 18.6 Å². The fourth-order valence-corrected chi connectivity index (χ4v) is 1.66. The van der Waals surface area contributed by atoms with E-state index in [4.69, 9.17) is 4.84 Å². The molecule has 2 amide bonds. The minimum atomic E-state index is -0.411. The largest absolute Gasteiger partial charge is 0.386 e. The maximum Gasteiger partial charge on any atom is 0.270 e. The summed E-state index contributed by atoms with van der Waals surface area (Å²) in [6.45, 7) is 7.37. The van der Waals surface area contributed by atoms with Gasteiger partial charge in [-0.25, -0.2) is 0 Å². The summed E-state index contributed by atoms with van der Waals surface area (Å²) in [7, 11) is 0. The highest BCUT2D eigenvalue weighted by Crippen LogP contribution is 2.15. The number of hydrogen-bond donors (Lipinski definition) is 2. The van der Waals surface area contributed by atoms with Gasteiger partial charge in [-0.3, -0.25) is 9.59 Å². The molecule has 0 heterocycles. The van der Waals surface area contributed by atoms with Gasteiger partial charge in [-0.15, -0.1) is 0 Å². The zero-order valence-electron chi connectivity index (χ0n) is 12.8. The quantitative estimate of drug-likeness (QED) is 0.619. The number of aryl methyl sites for hydroxylation is 2. The Hall–Kier alpha value is -2.37. The lowest BCUT2D eigenvalue weighted by atomic mass is 10.1. The molecule has 0 saturated carbocycles. The minimum Gasteiger partial charge on any atom is -0.386 e. The molecule has 114 valence electrons. The highest BCUT2D eigenvalue weighted by Gasteiger charge is 2.04. The summed E-state index contributed by atoms with van der Waals surface area (Å²) in [5.41, 5.74) is 2.81. The first-order valence-electron chi connectivity index (χ1n) is 6.71. The smallest absolute Gasteiger partial charge is 0.270 e. The number of carbonyl (C=O) groups excluding carboxylic acids is 2. The number of nitrogens with zero attached hydrogens (tertiary/aromatic N) is 1. The standard InChI is InChI=1S/C15H21N3O3/c1-10(2)17-15(20)9-21-16-8-14(19)18-13-6-5-11(3)7-12(13)4/h5-8,10H,9H2,1-4H3,(H,17,20)(H,18,19)/b16-8-. The molecule has 1 aromatic carbocycles. The third-order valence-corrected chi connectivity index (χ3v) is 2.53. The molecule has 1 rings (SSSR count). The van der Waals surface area contributed by atoms with Gasteiger partial charge in [-0.1, -0.05) is 22.9 Å². The predicted molar refractivity (Wildman–Crippen MR) is 82.3 cm³/mol. The van der Waals surface area contributed by atoms with Crippen LogP contribution in [0.1, 0.15) is 25.0 Å². The Labute approximate surface area is 124 Å². The van der Waals surface area contributed by atoms with Gasteiger partial charge in [0.2, 0.25) is 0 Å². The highest BCUT2D eigenvalue weighted by molar-refractivity contribution is 6.31. The van der Waals surface area contributed by atoms with Crippen molar-refractivity contribution in [3.63, 3.8) is 0 Å². The monoisotopic (exact) mass is 291 g/mol. The van der Waals surface area contributed by atoms with Crippen molar-refractivity contribution >= 4 is 23.7 Å². The highest BCUT2D eigenvalue weighted by atomic mass is 16.6. The molecule has 0 bridgehead atoms. The van der Waals surface area contributed by atoms with E-state index in [0.717, 1.165) is 23.0 Å². The van der Waals surface area contributed by atoms with Crippen LogP contribution in [0.2, 0.25) is 0 Å². The van der Waals surface area contributed by atoms with Gasteiger partial charge in [0, 0.05) is 11.7 Å². The molecule has 0 aliphatic rings. The number of anilines is 1. The van der Waals surface area contributed by atoms with E-state index < -0.39 is 5.91 Å². The molecular weight excluding hydrogens is 270 g/mol. The Bertz CT molecular complexity index is 539. The molecule has 0 radical (unpaired) electrons. The zero-order valence-corrected chi connectivity index (χ0v) is 12.8. The van der Waals surface area contributed by atoms with Gasteiger partial charge in [-0.05, 0) is 39.3 Å². The number of carbonyl (C=O) groups is 2. The van der Waals surface area contributed by atoms with Gasteiger partial charge in [-0.2, -0.15) is 0 Å². The first-order chi connectivity index (χ1) is 9.88. The number of rotatable bonds is 6. The van der Waals surface area contributed by atoms with E-state index in [9.17, 15) is 9.59 Å². The van der Waals surface area contributed by atoms with Gasteiger partial charge >= 0.3 is 0 Å². The SMILES string of the molecule is Cc1ccc(NC(=O)/C=N\OCC(=O)NC(C)C)c(C)c1. The zero-order chi connectivity index (χ0) is 15.8. The minimum absolute atomic E-state index is 0.0397. The molecule has 0 saturated heterocycles. The summed E-state index contributed by atoms with van der Waals surface area (Å²) < 4.78 is 0. The van der Waals surface area contributed by atoms with Crippen LogP contribution in [0.5, 0.6) is 0 Å². The molecule has 0 spiro atoms. The second-order valence-electron chi connectivity index (χ2n) is 5.04. The van der Waals surface area contributed by atoms with Crippen LogP contribution >= 0.6 is 0 Å². The second kappa shape index (κ2) is 8.04. The van der Waals surface area contributed by atoms with Crippen LogP contribution in [0.25, 0.3) is 0 Å². The van der Waals surface area contributed by atoms with E-state index in [0.29, 0.717) is 0 Å². The summed E-state index contributed by atoms with van der Waals surface area (Å²) in [4.78, 5) is 27.6. The molecular formula is C15H21N3O3. The molecule has 2 N–H and O–H groups in total. The number of oxime groups is 1. The lowest BCUT2D eigenvalue weighted by molar-refractivity contribution is -0.126. The van der Waals surface area contributed by atoms with Crippen LogP contribution in [-0.2, 0) is 14.4 Å². The van der Waals surface area contributed by atoms with Crippen LogP contribution in [-0.4, -0.2) is 30.7 Å². The van der Waals surface area contributed by atoms with Gasteiger partial charge in [0.1, 0.15) is 6.21 Å². The Morgan fingerprint density at radius 1 is 1.33 bits per heavy atom. The van der Waals surface area contributed by atoms with Crippen molar-refractivity contribution in [1.29, 1.82) is 0 Å². The van der Waals surface area contributed by atoms with E-state index in [1.165, 1.54) is 0 Å². The van der Waals surface area contributed by atoms with Crippen molar-refractivity contribution in [2.45, 2.75) is 33.7 Å². The molecule has 21 heavy (non-hydrogen) atoms. The van der Waals surface area contributed by atoms with Gasteiger partial charge < -0.3 is 15.5 Å². The van der Waals surface area contributed by atoms with Gasteiger partial charge in [0.15, 0.2) is 6.61 Å². The first kappa shape index (κ1) is 16.7. The molecule has 1 aromatic rings. The third kappa shape index (κ3) is 6.56. The van der Waals surface area contributed by atoms with Gasteiger partial charge in [0.05, 0.1) is 0 Å². The topological polar surface area (TPSA) is 79.8 Å². The van der Waals surface area contributed by atoms with E-state index in [2.05, 4.69) is 15.8 Å². The summed E-state index contributed by atoms with van der Waals surface area (Å²) in [5.74, 6) is -0.692. The Kier molecular flexibility index (Phi) is 6.39. The normalized spacial score (nSPS) is 10.7. The summed E-state index contributed by atoms with van der Waals surface area (Å²) >= 11 is 0. The van der Waals surface area contributed by atoms with Gasteiger partial charge in [0.25, 0.3) is 11.8 Å². The lowest BCUT2D eigenvalue weighted by Gasteiger charge is -2.07. The molecule has 0 unspecified atom stereocenters. The molecule has 0 aliphatic heterocycles. The molecule has 6 nitrogen and oxygen atoms in total. The summed E-state index contributed by atoms with van der Waals surface area (Å²) in [6.07, 6.45) is 1.00. The summed E-state index contributed by atoms with van der Waals surface area (Å²) in [6, 6.07) is 5.75. The van der Waals surface area contributed by atoms with E-state index in [1.54, 1.807) is 0 Å². The lowest BCUT2D eigenvalue weighted by Crippen LogP contribution is -2.32. The molecule has 0 atom stereocenters. The van der Waals surface area contributed by atoms with Crippen molar-refractivity contribution in [2.24, 2.45) is 5.16 Å². The molecule has 0 fully saturated rings. The average Bonchev–Trinajstić information content (AvgIpc) is 2.37. The van der Waals surface area contributed by atoms with Crippen LogP contribution < -0.4 is 10.6 Å². The number of amides is 2. The van der Waals surface area contributed by atoms with Crippen LogP contribution in [0.15, 0.2) is 23.4 Å². The number of benzene rings is 1. The maximum atomic E-state index is 11.6. The van der Waals surface area contributed by atoms with Crippen molar-refractivity contribution in [3.8, 4) is 0 Å². The van der Waals surface area contributed by atoms with Crippen molar-refractivity contribution < 1.29 is 14.4 Å². The second-order valence-corrected chi connectivity index (χ2v) is 5.04. The van der Waals surface area contributed by atoms with Crippen molar-refractivity contribution in [2.75, 3.05) is 11.9 Å². The predicted octanol–water partition coefficient (Wildman–Crippen LogP) is 1.77.